The fourth-order valence-electron chi connectivity index (χ4n) is 3.76. The minimum atomic E-state index is -3.52. The molecule has 0 radical (unpaired) electrons. The van der Waals surface area contributed by atoms with Crippen LogP contribution in [-0.2, 0) is 16.4 Å². The Bertz CT molecular complexity index is 1330. The fraction of sp³-hybridized carbons (Fsp3) is 0.435. The summed E-state index contributed by atoms with van der Waals surface area (Å²) in [7, 11) is -0.124. The van der Waals surface area contributed by atoms with E-state index < -0.39 is 16.1 Å². The molecule has 3 atom stereocenters. The van der Waals surface area contributed by atoms with Crippen molar-refractivity contribution in [2.24, 2.45) is 17.6 Å². The first kappa shape index (κ1) is 25.7. The van der Waals surface area contributed by atoms with Crippen molar-refractivity contribution < 1.29 is 12.8 Å². The Morgan fingerprint density at radius 1 is 1.14 bits per heavy atom. The summed E-state index contributed by atoms with van der Waals surface area (Å²) in [5.74, 6) is 2.62. The number of nitrogens with two attached hydrogens (primary N) is 1. The number of anilines is 2. The van der Waals surface area contributed by atoms with E-state index in [1.165, 1.54) is 13.5 Å². The number of nitrogens with zero attached hydrogens (tertiary/aromatic N) is 5. The van der Waals surface area contributed by atoms with E-state index >= 15 is 0 Å². The van der Waals surface area contributed by atoms with Crippen LogP contribution in [0, 0.1) is 11.8 Å². The van der Waals surface area contributed by atoms with E-state index in [1.54, 1.807) is 18.2 Å². The summed E-state index contributed by atoms with van der Waals surface area (Å²) < 4.78 is 31.4. The first-order chi connectivity index (χ1) is 16.4. The van der Waals surface area contributed by atoms with E-state index in [4.69, 9.17) is 33.4 Å². The number of aromatic nitrogens is 3. The van der Waals surface area contributed by atoms with Crippen molar-refractivity contribution >= 4 is 44.9 Å². The zero-order valence-corrected chi connectivity index (χ0v) is 22.3. The van der Waals surface area contributed by atoms with Crippen molar-refractivity contribution in [1.82, 2.24) is 15.2 Å². The summed E-state index contributed by atoms with van der Waals surface area (Å²) in [5, 5.41) is 9.21. The first-order valence-electron chi connectivity index (χ1n) is 11.1. The zero-order valence-electron chi connectivity index (χ0n) is 19.9. The molecule has 2 heterocycles. The smallest absolute Gasteiger partial charge is 0.248 e. The van der Waals surface area contributed by atoms with Crippen LogP contribution in [0.15, 0.2) is 34.7 Å². The van der Waals surface area contributed by atoms with E-state index in [2.05, 4.69) is 22.1 Å². The van der Waals surface area contributed by atoms with Gasteiger partial charge in [-0.05, 0) is 54.5 Å². The Labute approximate surface area is 215 Å². The number of halogens is 2. The molecule has 1 aliphatic rings. The second-order valence-corrected chi connectivity index (χ2v) is 12.0. The van der Waals surface area contributed by atoms with Gasteiger partial charge in [-0.3, -0.25) is 4.31 Å². The van der Waals surface area contributed by atoms with Crippen LogP contribution in [0.1, 0.15) is 30.8 Å². The third-order valence-corrected chi connectivity index (χ3v) is 8.16. The van der Waals surface area contributed by atoms with E-state index in [-0.39, 0.29) is 17.6 Å². The number of pyridine rings is 1. The predicted molar refractivity (Wildman–Crippen MR) is 138 cm³/mol. The minimum Gasteiger partial charge on any atom is -0.419 e. The largest absolute Gasteiger partial charge is 0.419 e. The highest BCUT2D eigenvalue weighted by atomic mass is 35.5. The predicted octanol–water partition coefficient (Wildman–Crippen LogP) is 4.17. The van der Waals surface area contributed by atoms with Crippen LogP contribution < -0.4 is 14.9 Å². The highest BCUT2D eigenvalue weighted by molar-refractivity contribution is 7.92. The van der Waals surface area contributed by atoms with Crippen molar-refractivity contribution in [1.29, 1.82) is 0 Å². The molecule has 0 aliphatic heterocycles. The van der Waals surface area contributed by atoms with Gasteiger partial charge in [0, 0.05) is 26.2 Å². The van der Waals surface area contributed by atoms with Crippen molar-refractivity contribution in [3.8, 4) is 11.5 Å². The highest BCUT2D eigenvalue weighted by Crippen LogP contribution is 2.39. The maximum Gasteiger partial charge on any atom is 0.248 e. The molecule has 0 saturated heterocycles. The van der Waals surface area contributed by atoms with Gasteiger partial charge < -0.3 is 15.1 Å². The molecule has 1 aromatic carbocycles. The van der Waals surface area contributed by atoms with Crippen molar-refractivity contribution in [3.05, 3.63) is 51.8 Å². The molecule has 3 aromatic rings. The summed E-state index contributed by atoms with van der Waals surface area (Å²) >= 11 is 12.1. The lowest BCUT2D eigenvalue weighted by molar-refractivity contribution is 0.457. The van der Waals surface area contributed by atoms with Crippen molar-refractivity contribution in [2.75, 3.05) is 36.1 Å². The average Bonchev–Trinajstić information content (AvgIpc) is 3.27. The van der Waals surface area contributed by atoms with Gasteiger partial charge in [-0.2, -0.15) is 0 Å². The molecule has 12 heteroatoms. The monoisotopic (exact) mass is 538 g/mol. The molecule has 0 amide bonds. The standard InChI is InChI=1S/C23H28Cl2N6O3S/c1-13-7-16(13)12-30(2)20-10-15(11-21(27-20)31(3)35(4,32)33)22-28-29-23(34-22)19(26)9-14-5-6-17(24)18(25)8-14/h5-6,8,10-11,13,16,19H,7,9,12,26H2,1-4H3. The van der Waals surface area contributed by atoms with Crippen LogP contribution in [0.5, 0.6) is 0 Å². The summed E-state index contributed by atoms with van der Waals surface area (Å²) in [6.07, 6.45) is 2.72. The number of rotatable bonds is 9. The van der Waals surface area contributed by atoms with Crippen LogP contribution >= 0.6 is 23.2 Å². The lowest BCUT2D eigenvalue weighted by Crippen LogP contribution is -2.27. The Hall–Kier alpha value is -2.40. The van der Waals surface area contributed by atoms with Gasteiger partial charge in [0.05, 0.1) is 22.3 Å². The molecule has 0 spiro atoms. The maximum atomic E-state index is 12.2. The quantitative estimate of drug-likeness (QED) is 0.431. The summed E-state index contributed by atoms with van der Waals surface area (Å²) in [6.45, 7) is 3.04. The highest BCUT2D eigenvalue weighted by Gasteiger charge is 2.33. The topological polar surface area (TPSA) is 118 Å². The number of benzene rings is 1. The molecule has 1 fully saturated rings. The third-order valence-electron chi connectivity index (χ3n) is 6.24. The van der Waals surface area contributed by atoms with Crippen LogP contribution in [0.25, 0.3) is 11.5 Å². The van der Waals surface area contributed by atoms with Gasteiger partial charge in [0.1, 0.15) is 11.6 Å². The molecular formula is C23H28Cl2N6O3S. The SMILES string of the molecule is CC1CC1CN(C)c1cc(-c2nnc(C(N)Cc3ccc(Cl)c(Cl)c3)o2)cc(N(C)S(C)(=O)=O)n1. The molecule has 0 bridgehead atoms. The van der Waals surface area contributed by atoms with Gasteiger partial charge in [-0.1, -0.05) is 36.2 Å². The summed E-state index contributed by atoms with van der Waals surface area (Å²) in [6, 6.07) is 8.16. The van der Waals surface area contributed by atoms with Gasteiger partial charge in [-0.25, -0.2) is 13.4 Å². The lowest BCUT2D eigenvalue weighted by atomic mass is 10.1. The molecule has 2 aromatic heterocycles. The van der Waals surface area contributed by atoms with Crippen LogP contribution in [0.4, 0.5) is 11.6 Å². The number of hydrogen-bond acceptors (Lipinski definition) is 8. The van der Waals surface area contributed by atoms with E-state index in [0.29, 0.717) is 39.7 Å². The average molecular weight is 539 g/mol. The second-order valence-electron chi connectivity index (χ2n) is 9.16. The van der Waals surface area contributed by atoms with Crippen LogP contribution in [0.2, 0.25) is 10.0 Å². The molecular weight excluding hydrogens is 511 g/mol. The molecule has 1 saturated carbocycles. The number of hydrogen-bond donors (Lipinski definition) is 1. The fourth-order valence-corrected chi connectivity index (χ4v) is 4.51. The normalized spacial score (nSPS) is 18.4. The van der Waals surface area contributed by atoms with Gasteiger partial charge in [-0.15, -0.1) is 10.2 Å². The minimum absolute atomic E-state index is 0.226. The summed E-state index contributed by atoms with van der Waals surface area (Å²) in [4.78, 5) is 6.60. The summed E-state index contributed by atoms with van der Waals surface area (Å²) in [5.41, 5.74) is 7.75. The Balaban J connectivity index is 1.62. The molecule has 2 N–H and O–H groups in total. The molecule has 9 nitrogen and oxygen atoms in total. The molecule has 35 heavy (non-hydrogen) atoms. The Morgan fingerprint density at radius 3 is 2.46 bits per heavy atom. The Kier molecular flexibility index (Phi) is 7.28. The molecule has 4 rings (SSSR count). The van der Waals surface area contributed by atoms with Crippen molar-refractivity contribution in [3.63, 3.8) is 0 Å². The molecule has 1 aliphatic carbocycles. The van der Waals surface area contributed by atoms with Crippen LogP contribution in [-0.4, -0.2) is 50.5 Å². The van der Waals surface area contributed by atoms with Crippen LogP contribution in [0.3, 0.4) is 0 Å². The van der Waals surface area contributed by atoms with Gasteiger partial charge in [0.2, 0.25) is 21.8 Å². The van der Waals surface area contributed by atoms with Gasteiger partial charge >= 0.3 is 0 Å². The Morgan fingerprint density at radius 2 is 1.83 bits per heavy atom. The van der Waals surface area contributed by atoms with Gasteiger partial charge in [0.15, 0.2) is 0 Å². The molecule has 3 unspecified atom stereocenters. The van der Waals surface area contributed by atoms with E-state index in [9.17, 15) is 8.42 Å². The first-order valence-corrected chi connectivity index (χ1v) is 13.7. The maximum absolute atomic E-state index is 12.2. The second kappa shape index (κ2) is 9.93. The van der Waals surface area contributed by atoms with E-state index in [0.717, 1.165) is 22.7 Å². The molecule has 188 valence electrons. The van der Waals surface area contributed by atoms with E-state index in [1.807, 2.05) is 24.1 Å². The number of sulfonamides is 1. The van der Waals surface area contributed by atoms with Gasteiger partial charge in [0.25, 0.3) is 0 Å². The zero-order chi connectivity index (χ0) is 25.5. The van der Waals surface area contributed by atoms with Crippen molar-refractivity contribution in [2.45, 2.75) is 25.8 Å². The lowest BCUT2D eigenvalue weighted by Gasteiger charge is -2.22. The third kappa shape index (κ3) is 6.06.